The summed E-state index contributed by atoms with van der Waals surface area (Å²) >= 11 is 1.32. The monoisotopic (exact) mass is 375 g/mol. The van der Waals surface area contributed by atoms with E-state index < -0.39 is 11.6 Å². The number of aromatic carboxylic acids is 1. The number of nitrogens with zero attached hydrogens (tertiary/aromatic N) is 3. The average molecular weight is 375 g/mol. The Hall–Kier alpha value is -2.19. The maximum Gasteiger partial charge on any atom is 0.345 e. The van der Waals surface area contributed by atoms with E-state index in [-0.39, 0.29) is 5.91 Å². The number of rotatable bonds is 2. The Morgan fingerprint density at radius 1 is 1.31 bits per heavy atom. The Labute approximate surface area is 155 Å². The zero-order chi connectivity index (χ0) is 18.5. The number of carbonyl (C=O) groups excluding carboxylic acids is 1. The minimum absolute atomic E-state index is 0.0583. The predicted molar refractivity (Wildman–Crippen MR) is 95.7 cm³/mol. The lowest BCUT2D eigenvalue weighted by atomic mass is 9.85. The molecule has 0 unspecified atom stereocenters. The molecule has 0 bridgehead atoms. The third-order valence-electron chi connectivity index (χ3n) is 5.37. The molecule has 1 fully saturated rings. The van der Waals surface area contributed by atoms with Crippen molar-refractivity contribution in [3.8, 4) is 0 Å². The molecule has 138 valence electrons. The number of amides is 1. The molecule has 1 saturated heterocycles. The summed E-state index contributed by atoms with van der Waals surface area (Å²) < 4.78 is 7.85. The van der Waals surface area contributed by atoms with Crippen LogP contribution >= 0.6 is 11.3 Å². The van der Waals surface area contributed by atoms with Crippen LogP contribution in [-0.2, 0) is 23.8 Å². The predicted octanol–water partition coefficient (Wildman–Crippen LogP) is 2.19. The maximum absolute atomic E-state index is 12.7. The highest BCUT2D eigenvalue weighted by atomic mass is 32.1. The van der Waals surface area contributed by atoms with Crippen LogP contribution in [0.2, 0.25) is 0 Å². The molecule has 2 aliphatic rings. The summed E-state index contributed by atoms with van der Waals surface area (Å²) in [5.41, 5.74) is 2.04. The van der Waals surface area contributed by atoms with E-state index in [0.717, 1.165) is 22.6 Å². The third kappa shape index (κ3) is 2.73. The second-order valence-electron chi connectivity index (χ2n) is 6.95. The number of fused-ring (bicyclic) bond motifs is 2. The molecule has 0 radical (unpaired) electrons. The Morgan fingerprint density at radius 2 is 2.04 bits per heavy atom. The van der Waals surface area contributed by atoms with Crippen LogP contribution in [0.4, 0.5) is 0 Å². The van der Waals surface area contributed by atoms with E-state index >= 15 is 0 Å². The number of piperidine rings is 1. The van der Waals surface area contributed by atoms with Gasteiger partial charge in [-0.3, -0.25) is 9.48 Å². The van der Waals surface area contributed by atoms with Gasteiger partial charge in [-0.25, -0.2) is 4.79 Å². The summed E-state index contributed by atoms with van der Waals surface area (Å²) in [6.45, 7) is 3.67. The normalized spacial score (nSPS) is 18.8. The van der Waals surface area contributed by atoms with E-state index in [0.29, 0.717) is 43.1 Å². The van der Waals surface area contributed by atoms with Crippen LogP contribution in [0.3, 0.4) is 0 Å². The van der Waals surface area contributed by atoms with Crippen LogP contribution in [0.5, 0.6) is 0 Å². The Kier molecular flexibility index (Phi) is 4.11. The number of likely N-dealkylation sites (tertiary alicyclic amines) is 1. The largest absolute Gasteiger partial charge is 0.477 e. The molecule has 4 heterocycles. The van der Waals surface area contributed by atoms with E-state index in [1.54, 1.807) is 16.8 Å². The number of carbonyl (C=O) groups is 2. The van der Waals surface area contributed by atoms with Crippen molar-refractivity contribution in [2.45, 2.75) is 31.8 Å². The van der Waals surface area contributed by atoms with Gasteiger partial charge in [0.15, 0.2) is 5.69 Å². The quantitative estimate of drug-likeness (QED) is 0.870. The van der Waals surface area contributed by atoms with Crippen LogP contribution in [0.25, 0.3) is 0 Å². The molecule has 2 aromatic rings. The van der Waals surface area contributed by atoms with Crippen LogP contribution in [-0.4, -0.2) is 51.4 Å². The van der Waals surface area contributed by atoms with Gasteiger partial charge >= 0.3 is 5.97 Å². The first-order valence-corrected chi connectivity index (χ1v) is 9.52. The number of hydrogen-bond acceptors (Lipinski definition) is 5. The van der Waals surface area contributed by atoms with E-state index in [4.69, 9.17) is 4.74 Å². The summed E-state index contributed by atoms with van der Waals surface area (Å²) in [5, 5.41) is 13.6. The third-order valence-corrected chi connectivity index (χ3v) is 6.73. The molecule has 2 aromatic heterocycles. The van der Waals surface area contributed by atoms with Gasteiger partial charge in [0.1, 0.15) is 10.5 Å². The minimum Gasteiger partial charge on any atom is -0.477 e. The fourth-order valence-electron chi connectivity index (χ4n) is 3.80. The fourth-order valence-corrected chi connectivity index (χ4v) is 5.05. The summed E-state index contributed by atoms with van der Waals surface area (Å²) in [6, 6.07) is 3.58. The molecule has 0 aromatic carbocycles. The van der Waals surface area contributed by atoms with Gasteiger partial charge in [-0.1, -0.05) is 0 Å². The Balaban J connectivity index is 1.53. The number of hydrogen-bond donors (Lipinski definition) is 1. The van der Waals surface area contributed by atoms with Gasteiger partial charge in [-0.2, -0.15) is 5.10 Å². The molecular formula is C18H21N3O4S. The van der Waals surface area contributed by atoms with E-state index in [2.05, 4.69) is 5.10 Å². The van der Waals surface area contributed by atoms with Crippen molar-refractivity contribution >= 4 is 23.2 Å². The average Bonchev–Trinajstić information content (AvgIpc) is 3.20. The zero-order valence-electron chi connectivity index (χ0n) is 14.8. The van der Waals surface area contributed by atoms with Gasteiger partial charge in [-0.15, -0.1) is 11.3 Å². The van der Waals surface area contributed by atoms with Crippen molar-refractivity contribution < 1.29 is 19.4 Å². The molecule has 7 nitrogen and oxygen atoms in total. The molecular weight excluding hydrogens is 354 g/mol. The van der Waals surface area contributed by atoms with E-state index in [9.17, 15) is 14.7 Å². The number of aryl methyl sites for hydroxylation is 2. The number of carboxylic acid groups (broad SMARTS) is 1. The van der Waals surface area contributed by atoms with Crippen LogP contribution in [0, 0.1) is 6.92 Å². The van der Waals surface area contributed by atoms with E-state index in [1.165, 1.54) is 11.3 Å². The topological polar surface area (TPSA) is 84.7 Å². The highest BCUT2D eigenvalue weighted by Gasteiger charge is 2.43. The highest BCUT2D eigenvalue weighted by Crippen LogP contribution is 2.45. The zero-order valence-corrected chi connectivity index (χ0v) is 15.6. The minimum atomic E-state index is -0.891. The van der Waals surface area contributed by atoms with Gasteiger partial charge in [0, 0.05) is 30.7 Å². The number of carboxylic acids is 1. The molecule has 8 heteroatoms. The van der Waals surface area contributed by atoms with Gasteiger partial charge in [0.05, 0.1) is 6.61 Å². The molecule has 1 N–H and O–H groups in total. The second kappa shape index (κ2) is 6.21. The van der Waals surface area contributed by atoms with Crippen molar-refractivity contribution in [2.75, 3.05) is 19.7 Å². The summed E-state index contributed by atoms with van der Waals surface area (Å²) in [5.74, 6) is -0.949. The first-order valence-electron chi connectivity index (χ1n) is 8.70. The molecule has 1 spiro atoms. The Morgan fingerprint density at radius 3 is 2.65 bits per heavy atom. The van der Waals surface area contributed by atoms with Gasteiger partial charge in [0.25, 0.3) is 5.91 Å². The van der Waals surface area contributed by atoms with Crippen LogP contribution in [0.15, 0.2) is 12.1 Å². The van der Waals surface area contributed by atoms with Crippen LogP contribution in [0.1, 0.15) is 49.1 Å². The SMILES string of the molecule is Cc1cc(C(=O)N2CCC3(CC2)OCCc2cc(C(=O)O)sc23)nn1C. The number of aromatic nitrogens is 2. The smallest absolute Gasteiger partial charge is 0.345 e. The molecule has 26 heavy (non-hydrogen) atoms. The lowest BCUT2D eigenvalue weighted by molar-refractivity contribution is -0.0906. The van der Waals surface area contributed by atoms with Gasteiger partial charge in [-0.05, 0) is 43.9 Å². The Bertz CT molecular complexity index is 858. The maximum atomic E-state index is 12.7. The van der Waals surface area contributed by atoms with Gasteiger partial charge in [0.2, 0.25) is 0 Å². The van der Waals surface area contributed by atoms with Crippen LogP contribution < -0.4 is 0 Å². The summed E-state index contributed by atoms with van der Waals surface area (Å²) in [6.07, 6.45) is 2.10. The lowest BCUT2D eigenvalue weighted by Crippen LogP contribution is -2.48. The molecule has 4 rings (SSSR count). The molecule has 0 atom stereocenters. The highest BCUT2D eigenvalue weighted by molar-refractivity contribution is 7.14. The summed E-state index contributed by atoms with van der Waals surface area (Å²) in [4.78, 5) is 27.2. The fraction of sp³-hybridized carbons (Fsp3) is 0.500. The van der Waals surface area contributed by atoms with Crippen molar-refractivity contribution in [2.24, 2.45) is 7.05 Å². The van der Waals surface area contributed by atoms with E-state index in [1.807, 2.05) is 18.9 Å². The van der Waals surface area contributed by atoms with Crippen molar-refractivity contribution in [1.29, 1.82) is 0 Å². The molecule has 0 aliphatic carbocycles. The number of thiophene rings is 1. The lowest BCUT2D eigenvalue weighted by Gasteiger charge is -2.43. The molecule has 2 aliphatic heterocycles. The standard InChI is InChI=1S/C18H21N3O4S/c1-11-9-13(19-20(11)2)16(22)21-6-4-18(5-7-21)15-12(3-8-25-18)10-14(26-15)17(23)24/h9-10H,3-8H2,1-2H3,(H,23,24). The molecule has 1 amide bonds. The second-order valence-corrected chi connectivity index (χ2v) is 8.00. The van der Waals surface area contributed by atoms with Crippen molar-refractivity contribution in [3.05, 3.63) is 38.8 Å². The first kappa shape index (κ1) is 17.2. The molecule has 0 saturated carbocycles. The van der Waals surface area contributed by atoms with Crippen molar-refractivity contribution in [3.63, 3.8) is 0 Å². The summed E-state index contributed by atoms with van der Waals surface area (Å²) in [7, 11) is 1.82. The van der Waals surface area contributed by atoms with Gasteiger partial charge < -0.3 is 14.7 Å². The first-order chi connectivity index (χ1) is 12.4. The number of ether oxygens (including phenoxy) is 1. The van der Waals surface area contributed by atoms with Crippen molar-refractivity contribution in [1.82, 2.24) is 14.7 Å².